The predicted octanol–water partition coefficient (Wildman–Crippen LogP) is 2.40. The zero-order chi connectivity index (χ0) is 11.6. The number of fused-ring (bicyclic) bond motifs is 1. The van der Waals surface area contributed by atoms with Crippen molar-refractivity contribution in [3.05, 3.63) is 11.6 Å². The van der Waals surface area contributed by atoms with Gasteiger partial charge in [0.25, 0.3) is 0 Å². The van der Waals surface area contributed by atoms with Crippen LogP contribution >= 0.6 is 0 Å². The highest BCUT2D eigenvalue weighted by Gasteiger charge is 2.45. The van der Waals surface area contributed by atoms with Gasteiger partial charge in [-0.1, -0.05) is 12.8 Å². The molecule has 2 rings (SSSR count). The first-order valence-corrected chi connectivity index (χ1v) is 6.01. The summed E-state index contributed by atoms with van der Waals surface area (Å²) in [5.74, 6) is 0.0181. The molecule has 0 spiro atoms. The first-order chi connectivity index (χ1) is 7.69. The lowest BCUT2D eigenvalue weighted by atomic mass is 9.69. The third-order valence-corrected chi connectivity index (χ3v) is 3.87. The van der Waals surface area contributed by atoms with Crippen molar-refractivity contribution in [3.63, 3.8) is 0 Å². The molecule has 3 nitrogen and oxygen atoms in total. The smallest absolute Gasteiger partial charge is 0.315 e. The number of hydrogen-bond donors (Lipinski definition) is 0. The zero-order valence-corrected chi connectivity index (χ0v) is 9.75. The molecule has 0 aromatic heterocycles. The molecule has 0 aromatic rings. The van der Waals surface area contributed by atoms with Gasteiger partial charge in [-0.2, -0.15) is 0 Å². The van der Waals surface area contributed by atoms with Crippen LogP contribution in [0.2, 0.25) is 0 Å². The van der Waals surface area contributed by atoms with Crippen LogP contribution in [0.4, 0.5) is 0 Å². The molecular formula is C13H18O3. The summed E-state index contributed by atoms with van der Waals surface area (Å²) >= 11 is 0. The SMILES string of the molecule is COC(=O)C12CCCCCC1=CC(=O)CC2. The fraction of sp³-hybridized carbons (Fsp3) is 0.692. The topological polar surface area (TPSA) is 43.4 Å². The summed E-state index contributed by atoms with van der Waals surface area (Å²) in [6.45, 7) is 0. The average Bonchev–Trinajstić information content (AvgIpc) is 2.50. The van der Waals surface area contributed by atoms with Gasteiger partial charge in [-0.05, 0) is 37.3 Å². The maximum Gasteiger partial charge on any atom is 0.315 e. The van der Waals surface area contributed by atoms with Crippen LogP contribution in [0, 0.1) is 5.41 Å². The summed E-state index contributed by atoms with van der Waals surface area (Å²) in [6.07, 6.45) is 7.83. The van der Waals surface area contributed by atoms with E-state index in [2.05, 4.69) is 0 Å². The maximum absolute atomic E-state index is 12.0. The summed E-state index contributed by atoms with van der Waals surface area (Å²) in [7, 11) is 1.44. The van der Waals surface area contributed by atoms with Gasteiger partial charge in [-0.25, -0.2) is 0 Å². The van der Waals surface area contributed by atoms with E-state index in [1.165, 1.54) is 7.11 Å². The molecule has 0 amide bonds. The molecule has 0 aliphatic heterocycles. The maximum atomic E-state index is 12.0. The first-order valence-electron chi connectivity index (χ1n) is 6.01. The van der Waals surface area contributed by atoms with Crippen LogP contribution in [-0.2, 0) is 14.3 Å². The molecule has 88 valence electrons. The Labute approximate surface area is 95.9 Å². The predicted molar refractivity (Wildman–Crippen MR) is 59.9 cm³/mol. The number of rotatable bonds is 1. The minimum absolute atomic E-state index is 0.145. The van der Waals surface area contributed by atoms with Gasteiger partial charge in [0.15, 0.2) is 5.78 Å². The molecule has 0 saturated heterocycles. The van der Waals surface area contributed by atoms with Crippen molar-refractivity contribution in [2.24, 2.45) is 5.41 Å². The number of hydrogen-bond acceptors (Lipinski definition) is 3. The molecule has 0 heterocycles. The second kappa shape index (κ2) is 4.40. The van der Waals surface area contributed by atoms with Crippen LogP contribution in [0.3, 0.4) is 0 Å². The Bertz CT molecular complexity index is 343. The van der Waals surface area contributed by atoms with Crippen LogP contribution in [-0.4, -0.2) is 18.9 Å². The fourth-order valence-corrected chi connectivity index (χ4v) is 2.95. The van der Waals surface area contributed by atoms with Gasteiger partial charge in [0.05, 0.1) is 12.5 Å². The van der Waals surface area contributed by atoms with E-state index in [1.807, 2.05) is 0 Å². The van der Waals surface area contributed by atoms with Crippen molar-refractivity contribution < 1.29 is 14.3 Å². The monoisotopic (exact) mass is 222 g/mol. The molecular weight excluding hydrogens is 204 g/mol. The second-order valence-corrected chi connectivity index (χ2v) is 4.77. The van der Waals surface area contributed by atoms with E-state index in [1.54, 1.807) is 6.08 Å². The van der Waals surface area contributed by atoms with Gasteiger partial charge >= 0.3 is 5.97 Å². The van der Waals surface area contributed by atoms with Crippen molar-refractivity contribution in [3.8, 4) is 0 Å². The summed E-state index contributed by atoms with van der Waals surface area (Å²) in [6, 6.07) is 0. The molecule has 2 aliphatic carbocycles. The summed E-state index contributed by atoms with van der Waals surface area (Å²) in [4.78, 5) is 23.5. The second-order valence-electron chi connectivity index (χ2n) is 4.77. The minimum Gasteiger partial charge on any atom is -0.468 e. The highest BCUT2D eigenvalue weighted by molar-refractivity contribution is 5.95. The van der Waals surface area contributed by atoms with E-state index in [4.69, 9.17) is 4.74 Å². The lowest BCUT2D eigenvalue weighted by Crippen LogP contribution is -2.37. The van der Waals surface area contributed by atoms with Crippen molar-refractivity contribution in [1.29, 1.82) is 0 Å². The Balaban J connectivity index is 2.39. The quantitative estimate of drug-likeness (QED) is 0.640. The van der Waals surface area contributed by atoms with E-state index in [0.29, 0.717) is 12.8 Å². The third-order valence-electron chi connectivity index (χ3n) is 3.87. The van der Waals surface area contributed by atoms with Crippen LogP contribution in [0.5, 0.6) is 0 Å². The van der Waals surface area contributed by atoms with Crippen LogP contribution in [0.1, 0.15) is 44.9 Å². The molecule has 1 unspecified atom stereocenters. The van der Waals surface area contributed by atoms with E-state index >= 15 is 0 Å². The standard InChI is InChI=1S/C13H18O3/c1-16-12(15)13-7-4-2-3-5-10(13)9-11(14)6-8-13/h9H,2-8H2,1H3. The number of ether oxygens (including phenoxy) is 1. The van der Waals surface area contributed by atoms with E-state index in [-0.39, 0.29) is 11.8 Å². The van der Waals surface area contributed by atoms with E-state index < -0.39 is 5.41 Å². The zero-order valence-electron chi connectivity index (χ0n) is 9.75. The van der Waals surface area contributed by atoms with Crippen molar-refractivity contribution in [2.45, 2.75) is 44.9 Å². The Morgan fingerprint density at radius 2 is 2.06 bits per heavy atom. The highest BCUT2D eigenvalue weighted by atomic mass is 16.5. The molecule has 0 bridgehead atoms. The van der Waals surface area contributed by atoms with Crippen LogP contribution in [0.25, 0.3) is 0 Å². The van der Waals surface area contributed by atoms with E-state index in [0.717, 1.165) is 37.7 Å². The highest BCUT2D eigenvalue weighted by Crippen LogP contribution is 2.46. The van der Waals surface area contributed by atoms with Gasteiger partial charge < -0.3 is 4.74 Å². The molecule has 0 aromatic carbocycles. The van der Waals surface area contributed by atoms with Gasteiger partial charge in [-0.3, -0.25) is 9.59 Å². The Hall–Kier alpha value is -1.12. The Morgan fingerprint density at radius 3 is 2.81 bits per heavy atom. The van der Waals surface area contributed by atoms with E-state index in [9.17, 15) is 9.59 Å². The number of carbonyl (C=O) groups is 2. The molecule has 3 heteroatoms. The van der Waals surface area contributed by atoms with Gasteiger partial charge in [-0.15, -0.1) is 0 Å². The van der Waals surface area contributed by atoms with Crippen LogP contribution < -0.4 is 0 Å². The number of ketones is 1. The normalized spacial score (nSPS) is 30.1. The molecule has 1 fully saturated rings. The van der Waals surface area contributed by atoms with Crippen molar-refractivity contribution >= 4 is 11.8 Å². The Morgan fingerprint density at radius 1 is 1.25 bits per heavy atom. The summed E-state index contributed by atoms with van der Waals surface area (Å²) in [5.41, 5.74) is 0.548. The first kappa shape index (κ1) is 11.4. The largest absolute Gasteiger partial charge is 0.468 e. The molecule has 0 N–H and O–H groups in total. The molecule has 2 aliphatic rings. The van der Waals surface area contributed by atoms with Gasteiger partial charge in [0, 0.05) is 6.42 Å². The molecule has 1 atom stereocenters. The fourth-order valence-electron chi connectivity index (χ4n) is 2.95. The molecule has 1 saturated carbocycles. The van der Waals surface area contributed by atoms with Gasteiger partial charge in [0.2, 0.25) is 0 Å². The summed E-state index contributed by atoms with van der Waals surface area (Å²) < 4.78 is 4.95. The number of allylic oxidation sites excluding steroid dienone is 1. The van der Waals surface area contributed by atoms with Crippen LogP contribution in [0.15, 0.2) is 11.6 Å². The summed E-state index contributed by atoms with van der Waals surface area (Å²) in [5, 5.41) is 0. The average molecular weight is 222 g/mol. The molecule has 16 heavy (non-hydrogen) atoms. The minimum atomic E-state index is -0.473. The van der Waals surface area contributed by atoms with Crippen molar-refractivity contribution in [2.75, 3.05) is 7.11 Å². The number of methoxy groups -OCH3 is 1. The third kappa shape index (κ3) is 1.79. The Kier molecular flexibility index (Phi) is 3.13. The molecule has 0 radical (unpaired) electrons. The number of esters is 1. The lowest BCUT2D eigenvalue weighted by molar-refractivity contribution is -0.151. The number of carbonyl (C=O) groups excluding carboxylic acids is 2. The van der Waals surface area contributed by atoms with Gasteiger partial charge in [0.1, 0.15) is 0 Å². The lowest BCUT2D eigenvalue weighted by Gasteiger charge is -2.34. The van der Waals surface area contributed by atoms with Crippen molar-refractivity contribution in [1.82, 2.24) is 0 Å².